The Balaban J connectivity index is 1.20. The largest absolute Gasteiger partial charge is 0.455 e. The second kappa shape index (κ2) is 11.7. The fourth-order valence-electron chi connectivity index (χ4n) is 7.99. The average molecular weight is 681 g/mol. The quantitative estimate of drug-likeness (QED) is 0.180. The summed E-state index contributed by atoms with van der Waals surface area (Å²) >= 11 is 0. The van der Waals surface area contributed by atoms with Crippen LogP contribution in [0, 0.1) is 0 Å². The second-order valence-electron chi connectivity index (χ2n) is 13.4. The SMILES string of the molecule is [2H]c1c([2H])c(-n2c3ccccc3c3ccccc32)c([2H])c([2H])c1N(c1cccc(-c2ccc3ccccc3c2)c1)c1cccc2oc3c4ccccc4ccc3c12. The third kappa shape index (κ3) is 4.68. The highest BCUT2D eigenvalue weighted by molar-refractivity contribution is 6.19. The Morgan fingerprint density at radius 2 is 1.09 bits per heavy atom. The number of para-hydroxylation sites is 2. The summed E-state index contributed by atoms with van der Waals surface area (Å²) in [4.78, 5) is 1.88. The van der Waals surface area contributed by atoms with Crippen LogP contribution in [0.25, 0.3) is 82.1 Å². The average Bonchev–Trinajstić information content (AvgIpc) is 3.81. The maximum atomic E-state index is 9.80. The fraction of sp³-hybridized carbons (Fsp3) is 0. The lowest BCUT2D eigenvalue weighted by atomic mass is 10.00. The van der Waals surface area contributed by atoms with Gasteiger partial charge in [-0.1, -0.05) is 121 Å². The number of benzene rings is 9. The van der Waals surface area contributed by atoms with Crippen molar-refractivity contribution < 1.29 is 9.90 Å². The highest BCUT2D eigenvalue weighted by Crippen LogP contribution is 2.45. The van der Waals surface area contributed by atoms with Crippen LogP contribution in [0.3, 0.4) is 0 Å². The van der Waals surface area contributed by atoms with Crippen molar-refractivity contribution in [1.82, 2.24) is 4.57 Å². The minimum Gasteiger partial charge on any atom is -0.455 e. The highest BCUT2D eigenvalue weighted by Gasteiger charge is 2.21. The van der Waals surface area contributed by atoms with E-state index in [4.69, 9.17) is 4.42 Å². The molecule has 0 aliphatic rings. The van der Waals surface area contributed by atoms with Gasteiger partial charge < -0.3 is 13.9 Å². The van der Waals surface area contributed by atoms with Crippen LogP contribution in [0.1, 0.15) is 5.48 Å². The third-order valence-electron chi connectivity index (χ3n) is 10.4. The van der Waals surface area contributed by atoms with Crippen LogP contribution in [0.4, 0.5) is 17.1 Å². The molecule has 0 N–H and O–H groups in total. The van der Waals surface area contributed by atoms with Crippen LogP contribution in [-0.4, -0.2) is 4.57 Å². The first kappa shape index (κ1) is 25.8. The van der Waals surface area contributed by atoms with Gasteiger partial charge in [0, 0.05) is 38.6 Å². The number of aromatic nitrogens is 1. The molecule has 0 aliphatic heterocycles. The van der Waals surface area contributed by atoms with Gasteiger partial charge in [-0.05, 0) is 100.0 Å². The van der Waals surface area contributed by atoms with Gasteiger partial charge in [0.25, 0.3) is 0 Å². The van der Waals surface area contributed by atoms with E-state index in [1.165, 1.54) is 0 Å². The summed E-state index contributed by atoms with van der Waals surface area (Å²) in [5, 5.41) is 7.99. The molecule has 0 radical (unpaired) electrons. The summed E-state index contributed by atoms with van der Waals surface area (Å²) in [5.74, 6) is 0. The van der Waals surface area contributed by atoms with Crippen molar-refractivity contribution in [2.24, 2.45) is 0 Å². The molecule has 2 heterocycles. The van der Waals surface area contributed by atoms with E-state index in [1.807, 2.05) is 113 Å². The van der Waals surface area contributed by atoms with E-state index in [0.717, 1.165) is 70.8 Å². The number of nitrogens with zero attached hydrogens (tertiary/aromatic N) is 2. The van der Waals surface area contributed by atoms with Crippen molar-refractivity contribution in [3.05, 3.63) is 194 Å². The lowest BCUT2D eigenvalue weighted by molar-refractivity contribution is 0.672. The summed E-state index contributed by atoms with van der Waals surface area (Å²) in [6.45, 7) is 0. The van der Waals surface area contributed by atoms with Gasteiger partial charge in [0.2, 0.25) is 0 Å². The van der Waals surface area contributed by atoms with Gasteiger partial charge in [-0.15, -0.1) is 0 Å². The number of furan rings is 1. The highest BCUT2D eigenvalue weighted by atomic mass is 16.3. The summed E-state index contributed by atoms with van der Waals surface area (Å²) < 4.78 is 47.4. The van der Waals surface area contributed by atoms with Crippen LogP contribution < -0.4 is 4.90 Å². The molecule has 11 rings (SSSR count). The number of anilines is 3. The first-order valence-electron chi connectivity index (χ1n) is 19.8. The molecule has 0 saturated heterocycles. The topological polar surface area (TPSA) is 21.3 Å². The van der Waals surface area contributed by atoms with Gasteiger partial charge >= 0.3 is 0 Å². The molecule has 0 unspecified atom stereocenters. The zero-order chi connectivity index (χ0) is 38.4. The summed E-state index contributed by atoms with van der Waals surface area (Å²) in [5.41, 5.74) is 6.74. The molecule has 9 aromatic carbocycles. The van der Waals surface area contributed by atoms with Crippen molar-refractivity contribution in [1.29, 1.82) is 0 Å². The molecule has 0 fully saturated rings. The zero-order valence-corrected chi connectivity index (χ0v) is 28.5. The predicted molar refractivity (Wildman–Crippen MR) is 223 cm³/mol. The monoisotopic (exact) mass is 680 g/mol. The Kier molecular flexibility index (Phi) is 5.71. The normalized spacial score (nSPS) is 12.8. The van der Waals surface area contributed by atoms with Crippen LogP contribution in [0.2, 0.25) is 0 Å². The molecule has 53 heavy (non-hydrogen) atoms. The van der Waals surface area contributed by atoms with Gasteiger partial charge in [-0.2, -0.15) is 0 Å². The van der Waals surface area contributed by atoms with Crippen molar-refractivity contribution in [2.45, 2.75) is 0 Å². The molecule has 0 saturated carbocycles. The minimum absolute atomic E-state index is 0.136. The number of hydrogen-bond acceptors (Lipinski definition) is 2. The molecule has 248 valence electrons. The van der Waals surface area contributed by atoms with E-state index in [9.17, 15) is 5.48 Å². The van der Waals surface area contributed by atoms with Crippen molar-refractivity contribution >= 4 is 82.4 Å². The fourth-order valence-corrected chi connectivity index (χ4v) is 7.99. The van der Waals surface area contributed by atoms with E-state index in [-0.39, 0.29) is 35.5 Å². The van der Waals surface area contributed by atoms with E-state index >= 15 is 0 Å². The summed E-state index contributed by atoms with van der Waals surface area (Å²) in [6, 6.07) is 56.1. The zero-order valence-electron chi connectivity index (χ0n) is 32.5. The Morgan fingerprint density at radius 3 is 1.89 bits per heavy atom. The van der Waals surface area contributed by atoms with Gasteiger partial charge in [0.15, 0.2) is 0 Å². The van der Waals surface area contributed by atoms with E-state index < -0.39 is 0 Å². The summed E-state index contributed by atoms with van der Waals surface area (Å²) in [7, 11) is 0. The van der Waals surface area contributed by atoms with Crippen molar-refractivity contribution in [3.63, 3.8) is 0 Å². The molecule has 2 aromatic heterocycles. The lowest BCUT2D eigenvalue weighted by Gasteiger charge is -2.27. The molecular weight excluding hydrogens is 645 g/mol. The molecule has 0 atom stereocenters. The molecule has 0 amide bonds. The van der Waals surface area contributed by atoms with Gasteiger partial charge in [-0.3, -0.25) is 0 Å². The Morgan fingerprint density at radius 1 is 0.453 bits per heavy atom. The summed E-state index contributed by atoms with van der Waals surface area (Å²) in [6.07, 6.45) is 0. The third-order valence-corrected chi connectivity index (χ3v) is 10.4. The first-order chi connectivity index (χ1) is 28.0. The van der Waals surface area contributed by atoms with E-state index in [0.29, 0.717) is 17.0 Å². The van der Waals surface area contributed by atoms with E-state index in [1.54, 1.807) is 0 Å². The number of fused-ring (bicyclic) bond motifs is 9. The molecule has 11 aromatic rings. The van der Waals surface area contributed by atoms with Gasteiger partial charge in [-0.25, -0.2) is 0 Å². The van der Waals surface area contributed by atoms with Gasteiger partial charge in [0.05, 0.1) is 27.6 Å². The Labute approximate surface area is 311 Å². The van der Waals surface area contributed by atoms with Crippen molar-refractivity contribution in [3.8, 4) is 16.8 Å². The van der Waals surface area contributed by atoms with Crippen LogP contribution in [0.5, 0.6) is 0 Å². The minimum atomic E-state index is -0.153. The maximum Gasteiger partial charge on any atom is 0.143 e. The van der Waals surface area contributed by atoms with E-state index in [2.05, 4.69) is 66.7 Å². The standard InChI is InChI=1S/C50H32N2O/c1-2-13-35-31-37(24-23-33(35)11-1)36-14-9-15-40(32-36)51(47-21-10-22-48-49(47)44-30-25-34-12-3-4-16-41(34)50(44)53-48)38-26-28-39(29-27-38)52-45-19-7-5-17-42(45)43-18-6-8-20-46(43)52/h1-32H/i26D,27D,28D,29D. The molecule has 3 nitrogen and oxygen atoms in total. The van der Waals surface area contributed by atoms with Crippen LogP contribution in [-0.2, 0) is 0 Å². The lowest BCUT2D eigenvalue weighted by Crippen LogP contribution is -2.10. The molecule has 0 aliphatic carbocycles. The maximum absolute atomic E-state index is 9.80. The van der Waals surface area contributed by atoms with Crippen molar-refractivity contribution in [2.75, 3.05) is 4.90 Å². The van der Waals surface area contributed by atoms with Crippen LogP contribution in [0.15, 0.2) is 198 Å². The molecule has 0 bridgehead atoms. The second-order valence-corrected chi connectivity index (χ2v) is 13.4. The van der Waals surface area contributed by atoms with Gasteiger partial charge in [0.1, 0.15) is 11.2 Å². The number of hydrogen-bond donors (Lipinski definition) is 0. The first-order valence-corrected chi connectivity index (χ1v) is 17.8. The number of rotatable bonds is 5. The molecule has 0 spiro atoms. The van der Waals surface area contributed by atoms with Crippen LogP contribution >= 0.6 is 0 Å². The smallest absolute Gasteiger partial charge is 0.143 e. The predicted octanol–water partition coefficient (Wildman–Crippen LogP) is 14.1. The molecule has 3 heteroatoms. The Bertz CT molecular complexity index is 3350. The Hall–Kier alpha value is -7.10. The molecular formula is C50H32N2O.